The van der Waals surface area contributed by atoms with Crippen LogP contribution in [0.15, 0.2) is 57.7 Å². The van der Waals surface area contributed by atoms with Crippen LogP contribution in [0, 0.1) is 6.92 Å². The number of fused-ring (bicyclic) bond motifs is 1. The Bertz CT molecular complexity index is 1070. The fraction of sp³-hybridized carbons (Fsp3) is 0.304. The maximum absolute atomic E-state index is 12.3. The van der Waals surface area contributed by atoms with E-state index in [0.717, 1.165) is 22.3 Å². The lowest BCUT2D eigenvalue weighted by Gasteiger charge is -2.25. The highest BCUT2D eigenvalue weighted by Gasteiger charge is 2.16. The number of methoxy groups -OCH3 is 1. The van der Waals surface area contributed by atoms with Gasteiger partial charge in [0.2, 0.25) is 0 Å². The smallest absolute Gasteiger partial charge is 0.336 e. The van der Waals surface area contributed by atoms with Crippen LogP contribution in [0.2, 0.25) is 0 Å². The molecule has 2 aromatic carbocycles. The molecular formula is C23H26N2O5. The van der Waals surface area contributed by atoms with Gasteiger partial charge in [0.05, 0.1) is 13.2 Å². The number of aryl methyl sites for hydroxylation is 1. The number of hydrogen-bond acceptors (Lipinski definition) is 6. The topological polar surface area (TPSA) is 81.0 Å². The molecule has 1 amide bonds. The number of rotatable bonds is 8. The quantitative estimate of drug-likeness (QED) is 0.575. The van der Waals surface area contributed by atoms with Gasteiger partial charge in [0.15, 0.2) is 6.61 Å². The number of likely N-dealkylation sites (N-methyl/N-ethyl adjacent to an activating group) is 1. The van der Waals surface area contributed by atoms with Gasteiger partial charge in [-0.2, -0.15) is 0 Å². The van der Waals surface area contributed by atoms with Gasteiger partial charge in [-0.3, -0.25) is 4.79 Å². The maximum atomic E-state index is 12.3. The van der Waals surface area contributed by atoms with Crippen LogP contribution >= 0.6 is 0 Å². The second kappa shape index (κ2) is 9.45. The summed E-state index contributed by atoms with van der Waals surface area (Å²) >= 11 is 0. The summed E-state index contributed by atoms with van der Waals surface area (Å²) in [4.78, 5) is 25.9. The second-order valence-electron chi connectivity index (χ2n) is 7.25. The highest BCUT2D eigenvalue weighted by Crippen LogP contribution is 2.23. The Labute approximate surface area is 175 Å². The van der Waals surface area contributed by atoms with Crippen molar-refractivity contribution >= 4 is 16.9 Å². The van der Waals surface area contributed by atoms with Crippen molar-refractivity contribution < 1.29 is 18.7 Å². The minimum atomic E-state index is -0.414. The number of ether oxygens (including phenoxy) is 2. The first-order chi connectivity index (χ1) is 14.4. The fourth-order valence-electron chi connectivity index (χ4n) is 3.23. The summed E-state index contributed by atoms with van der Waals surface area (Å²) in [6.07, 6.45) is 0. The molecule has 0 saturated carbocycles. The summed E-state index contributed by atoms with van der Waals surface area (Å²) in [5, 5.41) is 3.74. The van der Waals surface area contributed by atoms with Crippen molar-refractivity contribution in [3.05, 3.63) is 70.1 Å². The fourth-order valence-corrected chi connectivity index (χ4v) is 3.23. The van der Waals surface area contributed by atoms with Crippen LogP contribution in [-0.4, -0.2) is 45.2 Å². The Kier molecular flexibility index (Phi) is 6.74. The van der Waals surface area contributed by atoms with Crippen LogP contribution in [0.4, 0.5) is 0 Å². The van der Waals surface area contributed by atoms with Gasteiger partial charge in [0.1, 0.15) is 17.1 Å². The highest BCUT2D eigenvalue weighted by molar-refractivity contribution is 5.81. The van der Waals surface area contributed by atoms with E-state index in [4.69, 9.17) is 13.9 Å². The van der Waals surface area contributed by atoms with Gasteiger partial charge in [0, 0.05) is 24.1 Å². The van der Waals surface area contributed by atoms with Crippen LogP contribution in [0.25, 0.3) is 11.0 Å². The zero-order valence-corrected chi connectivity index (χ0v) is 17.6. The summed E-state index contributed by atoms with van der Waals surface area (Å²) in [7, 11) is 5.55. The van der Waals surface area contributed by atoms with Crippen LogP contribution in [-0.2, 0) is 4.79 Å². The van der Waals surface area contributed by atoms with E-state index in [0.29, 0.717) is 17.9 Å². The molecule has 1 aromatic heterocycles. The summed E-state index contributed by atoms with van der Waals surface area (Å²) in [6, 6.07) is 14.4. The molecule has 0 unspecified atom stereocenters. The maximum Gasteiger partial charge on any atom is 0.336 e. The van der Waals surface area contributed by atoms with Crippen LogP contribution in [0.3, 0.4) is 0 Å². The molecule has 3 rings (SSSR count). The molecule has 7 heteroatoms. The normalized spacial score (nSPS) is 12.0. The molecule has 1 N–H and O–H groups in total. The van der Waals surface area contributed by atoms with Crippen molar-refractivity contribution in [3.63, 3.8) is 0 Å². The van der Waals surface area contributed by atoms with E-state index in [9.17, 15) is 9.59 Å². The van der Waals surface area contributed by atoms with Gasteiger partial charge in [0.25, 0.3) is 5.91 Å². The van der Waals surface area contributed by atoms with Crippen LogP contribution in [0.5, 0.6) is 11.5 Å². The number of hydrogen-bond donors (Lipinski definition) is 1. The summed E-state index contributed by atoms with van der Waals surface area (Å²) in [5.74, 6) is 1.02. The number of nitrogens with zero attached hydrogens (tertiary/aromatic N) is 1. The average molecular weight is 410 g/mol. The first-order valence-electron chi connectivity index (χ1n) is 9.62. The van der Waals surface area contributed by atoms with E-state index < -0.39 is 5.63 Å². The van der Waals surface area contributed by atoms with Crippen LogP contribution in [0.1, 0.15) is 17.2 Å². The van der Waals surface area contributed by atoms with Gasteiger partial charge in [-0.15, -0.1) is 0 Å². The molecule has 0 aliphatic rings. The third-order valence-electron chi connectivity index (χ3n) is 4.91. The Balaban J connectivity index is 1.59. The monoisotopic (exact) mass is 410 g/mol. The molecule has 0 aliphatic heterocycles. The molecule has 158 valence electrons. The molecule has 0 aliphatic carbocycles. The minimum absolute atomic E-state index is 0.0118. The van der Waals surface area contributed by atoms with Crippen molar-refractivity contribution in [2.45, 2.75) is 13.0 Å². The minimum Gasteiger partial charge on any atom is -0.497 e. The predicted molar refractivity (Wildman–Crippen MR) is 115 cm³/mol. The number of amides is 1. The molecule has 0 radical (unpaired) electrons. The Morgan fingerprint density at radius 3 is 2.47 bits per heavy atom. The van der Waals surface area contributed by atoms with Crippen molar-refractivity contribution in [2.75, 3.05) is 34.4 Å². The molecule has 3 aromatic rings. The molecule has 30 heavy (non-hydrogen) atoms. The largest absolute Gasteiger partial charge is 0.497 e. The zero-order chi connectivity index (χ0) is 21.7. The molecule has 0 spiro atoms. The van der Waals surface area contributed by atoms with E-state index in [1.807, 2.05) is 56.3 Å². The van der Waals surface area contributed by atoms with E-state index in [2.05, 4.69) is 5.32 Å². The zero-order valence-electron chi connectivity index (χ0n) is 17.6. The SMILES string of the molecule is COc1ccc([C@@H](CNC(=O)COc2ccc3c(C)cc(=O)oc3c2)N(C)C)cc1. The number of carbonyl (C=O) groups excluding carboxylic acids is 1. The van der Waals surface area contributed by atoms with Gasteiger partial charge in [-0.1, -0.05) is 12.1 Å². The third-order valence-corrected chi connectivity index (χ3v) is 4.91. The molecular weight excluding hydrogens is 384 g/mol. The van der Waals surface area contributed by atoms with Gasteiger partial charge < -0.3 is 24.1 Å². The average Bonchev–Trinajstić information content (AvgIpc) is 2.72. The lowest BCUT2D eigenvalue weighted by Crippen LogP contribution is -2.36. The van der Waals surface area contributed by atoms with Crippen LogP contribution < -0.4 is 20.4 Å². The Hall–Kier alpha value is -3.32. The van der Waals surface area contributed by atoms with Gasteiger partial charge >= 0.3 is 5.63 Å². The first kappa shape index (κ1) is 21.4. The molecule has 1 atom stereocenters. The molecule has 0 fully saturated rings. The van der Waals surface area contributed by atoms with E-state index >= 15 is 0 Å². The van der Waals surface area contributed by atoms with Crippen molar-refractivity contribution in [3.8, 4) is 11.5 Å². The van der Waals surface area contributed by atoms with Crippen molar-refractivity contribution in [2.24, 2.45) is 0 Å². The Morgan fingerprint density at radius 1 is 1.10 bits per heavy atom. The van der Waals surface area contributed by atoms with Crippen molar-refractivity contribution in [1.29, 1.82) is 0 Å². The lowest BCUT2D eigenvalue weighted by atomic mass is 10.1. The third kappa shape index (κ3) is 5.18. The Morgan fingerprint density at radius 2 is 1.80 bits per heavy atom. The summed E-state index contributed by atoms with van der Waals surface area (Å²) in [5.41, 5.74) is 1.92. The highest BCUT2D eigenvalue weighted by atomic mass is 16.5. The standard InChI is InChI=1S/C23H26N2O5/c1-15-11-23(27)30-21-12-18(9-10-19(15)21)29-14-22(26)24-13-20(25(2)3)16-5-7-17(28-4)8-6-16/h5-12,20H,13-14H2,1-4H3,(H,24,26)/t20-/m1/s1. The molecule has 1 heterocycles. The first-order valence-corrected chi connectivity index (χ1v) is 9.62. The summed E-state index contributed by atoms with van der Waals surface area (Å²) in [6.45, 7) is 2.15. The van der Waals surface area contributed by atoms with E-state index in [1.54, 1.807) is 19.2 Å². The predicted octanol–water partition coefficient (Wildman–Crippen LogP) is 2.91. The molecule has 0 bridgehead atoms. The van der Waals surface area contributed by atoms with Gasteiger partial charge in [-0.05, 0) is 56.4 Å². The lowest BCUT2D eigenvalue weighted by molar-refractivity contribution is -0.123. The second-order valence-corrected chi connectivity index (χ2v) is 7.25. The van der Waals surface area contributed by atoms with E-state index in [-0.39, 0.29) is 18.6 Å². The summed E-state index contributed by atoms with van der Waals surface area (Å²) < 4.78 is 16.0. The molecule has 7 nitrogen and oxygen atoms in total. The van der Waals surface area contributed by atoms with E-state index in [1.165, 1.54) is 6.07 Å². The number of nitrogens with one attached hydrogen (secondary N) is 1. The molecule has 0 saturated heterocycles. The number of carbonyl (C=O) groups is 1. The van der Waals surface area contributed by atoms with Crippen molar-refractivity contribution in [1.82, 2.24) is 10.2 Å². The number of benzene rings is 2. The van der Waals surface area contributed by atoms with Gasteiger partial charge in [-0.25, -0.2) is 4.79 Å².